The number of hydrogen-bond acceptors (Lipinski definition) is 4. The van der Waals surface area contributed by atoms with E-state index in [1.54, 1.807) is 30.3 Å². The standard InChI is InChI=1S/C25H24FN3O3/c1-17(32-22-4-2-3-21(26)16-22)25(31)29-14-13-28-24(30)23(29)15-18-5-7-19(8-6-18)20-9-11-27-12-10-20/h2-12,16-17,23H,13-15H2,1H3,(H,28,30)/t17-,23-/m1/s1. The summed E-state index contributed by atoms with van der Waals surface area (Å²) in [7, 11) is 0. The molecule has 0 bridgehead atoms. The number of aromatic nitrogens is 1. The molecule has 0 unspecified atom stereocenters. The summed E-state index contributed by atoms with van der Waals surface area (Å²) in [6, 6.07) is 16.8. The molecule has 4 rings (SSSR count). The highest BCUT2D eigenvalue weighted by molar-refractivity contribution is 5.90. The predicted octanol–water partition coefficient (Wildman–Crippen LogP) is 3.22. The number of carbonyl (C=O) groups excluding carboxylic acids is 2. The summed E-state index contributed by atoms with van der Waals surface area (Å²) in [5.74, 6) is -0.661. The lowest BCUT2D eigenvalue weighted by Crippen LogP contribution is -2.60. The molecule has 0 spiro atoms. The van der Waals surface area contributed by atoms with E-state index >= 15 is 0 Å². The number of piperazine rings is 1. The minimum absolute atomic E-state index is 0.194. The number of benzene rings is 2. The fourth-order valence-electron chi connectivity index (χ4n) is 3.81. The van der Waals surface area contributed by atoms with Crippen molar-refractivity contribution < 1.29 is 18.7 Å². The zero-order chi connectivity index (χ0) is 22.5. The maximum absolute atomic E-state index is 13.4. The van der Waals surface area contributed by atoms with Crippen LogP contribution in [-0.2, 0) is 16.0 Å². The van der Waals surface area contributed by atoms with Crippen LogP contribution >= 0.6 is 0 Å². The SMILES string of the molecule is C[C@@H](Oc1cccc(F)c1)C(=O)N1CCNC(=O)[C@H]1Cc1ccc(-c2ccncc2)cc1. The first-order chi connectivity index (χ1) is 15.5. The highest BCUT2D eigenvalue weighted by atomic mass is 19.1. The van der Waals surface area contributed by atoms with E-state index in [2.05, 4.69) is 10.3 Å². The van der Waals surface area contributed by atoms with Crippen LogP contribution in [0.25, 0.3) is 11.1 Å². The summed E-state index contributed by atoms with van der Waals surface area (Å²) in [6.07, 6.45) is 3.03. The van der Waals surface area contributed by atoms with E-state index < -0.39 is 18.0 Å². The number of nitrogens with zero attached hydrogens (tertiary/aromatic N) is 2. The van der Waals surface area contributed by atoms with E-state index in [4.69, 9.17) is 4.74 Å². The van der Waals surface area contributed by atoms with Gasteiger partial charge < -0.3 is 15.0 Å². The van der Waals surface area contributed by atoms with Gasteiger partial charge in [0.05, 0.1) is 0 Å². The number of ether oxygens (including phenoxy) is 1. The average molecular weight is 433 g/mol. The zero-order valence-electron chi connectivity index (χ0n) is 17.7. The summed E-state index contributed by atoms with van der Waals surface area (Å²) in [5.41, 5.74) is 3.05. The Bertz CT molecular complexity index is 1090. The molecule has 2 atom stereocenters. The van der Waals surface area contributed by atoms with Crippen molar-refractivity contribution in [2.75, 3.05) is 13.1 Å². The first kappa shape index (κ1) is 21.5. The number of carbonyl (C=O) groups is 2. The molecular weight excluding hydrogens is 409 g/mol. The third kappa shape index (κ3) is 4.94. The molecule has 7 heteroatoms. The second-order valence-corrected chi connectivity index (χ2v) is 7.69. The second kappa shape index (κ2) is 9.60. The minimum atomic E-state index is -0.848. The van der Waals surface area contributed by atoms with Crippen molar-refractivity contribution in [1.29, 1.82) is 0 Å². The van der Waals surface area contributed by atoms with E-state index in [0.29, 0.717) is 19.5 Å². The smallest absolute Gasteiger partial charge is 0.264 e. The van der Waals surface area contributed by atoms with Gasteiger partial charge in [0.1, 0.15) is 17.6 Å². The van der Waals surface area contributed by atoms with Gasteiger partial charge in [-0.15, -0.1) is 0 Å². The maximum atomic E-state index is 13.4. The van der Waals surface area contributed by atoms with Gasteiger partial charge in [-0.05, 0) is 47.9 Å². The summed E-state index contributed by atoms with van der Waals surface area (Å²) in [4.78, 5) is 31.3. The molecule has 0 aliphatic carbocycles. The van der Waals surface area contributed by atoms with Crippen molar-refractivity contribution in [2.45, 2.75) is 25.5 Å². The van der Waals surface area contributed by atoms with Crippen molar-refractivity contribution in [3.05, 3.63) is 84.4 Å². The van der Waals surface area contributed by atoms with Gasteiger partial charge in [0.2, 0.25) is 5.91 Å². The van der Waals surface area contributed by atoms with Gasteiger partial charge >= 0.3 is 0 Å². The van der Waals surface area contributed by atoms with E-state index in [9.17, 15) is 14.0 Å². The van der Waals surface area contributed by atoms with Gasteiger partial charge in [0, 0.05) is 38.0 Å². The Hall–Kier alpha value is -3.74. The Morgan fingerprint density at radius 1 is 1.16 bits per heavy atom. The lowest BCUT2D eigenvalue weighted by atomic mass is 9.99. The van der Waals surface area contributed by atoms with Crippen molar-refractivity contribution in [1.82, 2.24) is 15.2 Å². The molecule has 164 valence electrons. The summed E-state index contributed by atoms with van der Waals surface area (Å²) in [5, 5.41) is 2.84. The van der Waals surface area contributed by atoms with Gasteiger partial charge in [0.15, 0.2) is 6.10 Å². The van der Waals surface area contributed by atoms with Gasteiger partial charge in [-0.2, -0.15) is 0 Å². The number of pyridine rings is 1. The first-order valence-corrected chi connectivity index (χ1v) is 10.5. The Labute approximate surface area is 186 Å². The van der Waals surface area contributed by atoms with Crippen molar-refractivity contribution in [3.8, 4) is 16.9 Å². The van der Waals surface area contributed by atoms with Crippen LogP contribution in [0.4, 0.5) is 4.39 Å². The van der Waals surface area contributed by atoms with Gasteiger partial charge in [-0.3, -0.25) is 14.6 Å². The van der Waals surface area contributed by atoms with Crippen molar-refractivity contribution in [3.63, 3.8) is 0 Å². The molecule has 1 N–H and O–H groups in total. The van der Waals surface area contributed by atoms with Crippen LogP contribution < -0.4 is 10.1 Å². The maximum Gasteiger partial charge on any atom is 0.264 e. The van der Waals surface area contributed by atoms with Crippen LogP contribution in [0.5, 0.6) is 5.75 Å². The molecular formula is C25H24FN3O3. The molecule has 6 nitrogen and oxygen atoms in total. The minimum Gasteiger partial charge on any atom is -0.481 e. The van der Waals surface area contributed by atoms with Crippen molar-refractivity contribution >= 4 is 11.8 Å². The van der Waals surface area contributed by atoms with E-state index in [1.807, 2.05) is 36.4 Å². The van der Waals surface area contributed by atoms with Crippen molar-refractivity contribution in [2.24, 2.45) is 0 Å². The number of hydrogen-bond donors (Lipinski definition) is 1. The second-order valence-electron chi connectivity index (χ2n) is 7.69. The quantitative estimate of drug-likeness (QED) is 0.648. The topological polar surface area (TPSA) is 71.5 Å². The summed E-state index contributed by atoms with van der Waals surface area (Å²) >= 11 is 0. The van der Waals surface area contributed by atoms with E-state index in [-0.39, 0.29) is 17.6 Å². The first-order valence-electron chi connectivity index (χ1n) is 10.5. The Balaban J connectivity index is 1.47. The monoisotopic (exact) mass is 433 g/mol. The largest absolute Gasteiger partial charge is 0.481 e. The molecule has 2 amide bonds. The molecule has 1 fully saturated rings. The molecule has 1 aromatic heterocycles. The number of amides is 2. The predicted molar refractivity (Wildman–Crippen MR) is 118 cm³/mol. The number of nitrogens with one attached hydrogen (secondary N) is 1. The molecule has 2 aromatic carbocycles. The zero-order valence-corrected chi connectivity index (χ0v) is 17.7. The number of rotatable bonds is 6. The molecule has 0 radical (unpaired) electrons. The molecule has 0 saturated carbocycles. The van der Waals surface area contributed by atoms with Crippen LogP contribution in [0.3, 0.4) is 0 Å². The van der Waals surface area contributed by atoms with Crippen LogP contribution in [0, 0.1) is 5.82 Å². The average Bonchev–Trinajstić information content (AvgIpc) is 2.81. The fraction of sp³-hybridized carbons (Fsp3) is 0.240. The number of halogens is 1. The Morgan fingerprint density at radius 2 is 1.88 bits per heavy atom. The molecule has 1 saturated heterocycles. The Kier molecular flexibility index (Phi) is 6.44. The van der Waals surface area contributed by atoms with Gasteiger partial charge in [-0.25, -0.2) is 4.39 Å². The summed E-state index contributed by atoms with van der Waals surface area (Å²) in [6.45, 7) is 2.39. The lowest BCUT2D eigenvalue weighted by molar-refractivity contribution is -0.147. The third-order valence-electron chi connectivity index (χ3n) is 5.47. The summed E-state index contributed by atoms with van der Waals surface area (Å²) < 4.78 is 19.1. The third-order valence-corrected chi connectivity index (χ3v) is 5.47. The normalized spacial score (nSPS) is 16.9. The van der Waals surface area contributed by atoms with Crippen LogP contribution in [0.1, 0.15) is 12.5 Å². The van der Waals surface area contributed by atoms with Crippen LogP contribution in [-0.4, -0.2) is 46.9 Å². The highest BCUT2D eigenvalue weighted by Gasteiger charge is 2.35. The van der Waals surface area contributed by atoms with Gasteiger partial charge in [-0.1, -0.05) is 30.3 Å². The van der Waals surface area contributed by atoms with Crippen LogP contribution in [0.15, 0.2) is 73.1 Å². The molecule has 32 heavy (non-hydrogen) atoms. The van der Waals surface area contributed by atoms with E-state index in [0.717, 1.165) is 16.7 Å². The molecule has 2 heterocycles. The molecule has 1 aliphatic heterocycles. The van der Waals surface area contributed by atoms with E-state index in [1.165, 1.54) is 18.2 Å². The molecule has 3 aromatic rings. The highest BCUT2D eigenvalue weighted by Crippen LogP contribution is 2.21. The van der Waals surface area contributed by atoms with Gasteiger partial charge in [0.25, 0.3) is 5.91 Å². The Morgan fingerprint density at radius 3 is 2.59 bits per heavy atom. The lowest BCUT2D eigenvalue weighted by Gasteiger charge is -2.36. The van der Waals surface area contributed by atoms with Crippen LogP contribution in [0.2, 0.25) is 0 Å². The fourth-order valence-corrected chi connectivity index (χ4v) is 3.81. The molecule has 1 aliphatic rings.